The number of hydrogen-bond acceptors (Lipinski definition) is 3. The molecule has 0 bridgehead atoms. The number of nitrogens with one attached hydrogen (secondary N) is 1. The summed E-state index contributed by atoms with van der Waals surface area (Å²) in [6.45, 7) is 3.80. The van der Waals surface area contributed by atoms with Crippen LogP contribution < -0.4 is 11.1 Å². The van der Waals surface area contributed by atoms with Gasteiger partial charge in [-0.25, -0.2) is 0 Å². The van der Waals surface area contributed by atoms with E-state index >= 15 is 0 Å². The first-order valence-electron chi connectivity index (χ1n) is 7.57. The van der Waals surface area contributed by atoms with Crippen molar-refractivity contribution in [2.45, 2.75) is 26.3 Å². The number of benzene rings is 2. The van der Waals surface area contributed by atoms with E-state index in [4.69, 9.17) is 11.0 Å². The van der Waals surface area contributed by atoms with Gasteiger partial charge in [-0.05, 0) is 37.6 Å². The number of nitrogens with zero attached hydrogens (tertiary/aromatic N) is 1. The molecular weight excluding hydrogens is 302 g/mol. The number of primary amides is 1. The minimum absolute atomic E-state index is 0.176. The van der Waals surface area contributed by atoms with Crippen LogP contribution in [0.25, 0.3) is 0 Å². The zero-order valence-electron chi connectivity index (χ0n) is 13.7. The molecule has 0 aliphatic rings. The van der Waals surface area contributed by atoms with E-state index in [2.05, 4.69) is 11.4 Å². The molecule has 24 heavy (non-hydrogen) atoms. The molecule has 0 saturated heterocycles. The third-order valence-corrected chi connectivity index (χ3v) is 3.69. The second-order valence-corrected chi connectivity index (χ2v) is 5.78. The molecule has 0 unspecified atom stereocenters. The van der Waals surface area contributed by atoms with Crippen LogP contribution in [0.2, 0.25) is 0 Å². The summed E-state index contributed by atoms with van der Waals surface area (Å²) in [5, 5.41) is 11.8. The van der Waals surface area contributed by atoms with E-state index in [9.17, 15) is 9.59 Å². The van der Waals surface area contributed by atoms with E-state index in [1.807, 2.05) is 19.9 Å². The van der Waals surface area contributed by atoms with E-state index in [0.717, 1.165) is 11.1 Å². The van der Waals surface area contributed by atoms with Gasteiger partial charge in [-0.15, -0.1) is 0 Å². The molecule has 122 valence electrons. The number of nitrogens with two attached hydrogens (primary N) is 1. The predicted molar refractivity (Wildman–Crippen MR) is 91.2 cm³/mol. The van der Waals surface area contributed by atoms with Gasteiger partial charge < -0.3 is 11.1 Å². The van der Waals surface area contributed by atoms with Crippen molar-refractivity contribution in [2.24, 2.45) is 5.73 Å². The minimum Gasteiger partial charge on any atom is -0.368 e. The number of rotatable bonds is 5. The van der Waals surface area contributed by atoms with Crippen molar-refractivity contribution in [3.63, 3.8) is 0 Å². The van der Waals surface area contributed by atoms with Crippen molar-refractivity contribution >= 4 is 11.8 Å². The summed E-state index contributed by atoms with van der Waals surface area (Å²) in [6.07, 6.45) is 0.176. The summed E-state index contributed by atoms with van der Waals surface area (Å²) in [5.41, 5.74) is 8.96. The van der Waals surface area contributed by atoms with Gasteiger partial charge in [0, 0.05) is 12.0 Å². The van der Waals surface area contributed by atoms with Gasteiger partial charge in [0.05, 0.1) is 11.6 Å². The Hall–Kier alpha value is -3.13. The van der Waals surface area contributed by atoms with Gasteiger partial charge in [0.15, 0.2) is 0 Å². The molecule has 2 aromatic carbocycles. The lowest BCUT2D eigenvalue weighted by molar-refractivity contribution is -0.119. The molecule has 2 aromatic rings. The molecule has 0 spiro atoms. The maximum atomic E-state index is 12.4. The van der Waals surface area contributed by atoms with Crippen LogP contribution in [0.15, 0.2) is 42.5 Å². The maximum absolute atomic E-state index is 12.4. The van der Waals surface area contributed by atoms with Gasteiger partial charge in [-0.1, -0.05) is 35.4 Å². The Morgan fingerprint density at radius 1 is 1.17 bits per heavy atom. The zero-order chi connectivity index (χ0) is 17.7. The van der Waals surface area contributed by atoms with Crippen LogP contribution >= 0.6 is 0 Å². The lowest BCUT2D eigenvalue weighted by atomic mass is 10.00. The Labute approximate surface area is 141 Å². The average Bonchev–Trinajstić information content (AvgIpc) is 2.53. The van der Waals surface area contributed by atoms with Crippen LogP contribution in [0.3, 0.4) is 0 Å². The molecule has 0 aromatic heterocycles. The van der Waals surface area contributed by atoms with E-state index in [1.165, 1.54) is 0 Å². The molecule has 0 aliphatic carbocycles. The Morgan fingerprint density at radius 2 is 1.79 bits per heavy atom. The molecule has 1 atom stereocenters. The molecule has 0 aliphatic heterocycles. The van der Waals surface area contributed by atoms with Gasteiger partial charge >= 0.3 is 0 Å². The maximum Gasteiger partial charge on any atom is 0.251 e. The Bertz CT molecular complexity index is 801. The standard InChI is InChI=1S/C19H19N3O2/c1-12-7-13(2)9-16(8-12)19(24)22-17(18(21)23)10-14-5-3-4-6-15(14)11-20/h3-9,17H,10H2,1-2H3,(H2,21,23)(H,22,24)/t17-/m1/s1. The van der Waals surface area contributed by atoms with Gasteiger partial charge in [-0.2, -0.15) is 5.26 Å². The number of aryl methyl sites for hydroxylation is 2. The Morgan fingerprint density at radius 3 is 2.38 bits per heavy atom. The molecule has 0 saturated carbocycles. The molecule has 5 heteroatoms. The van der Waals surface area contributed by atoms with Gasteiger partial charge in [0.2, 0.25) is 5.91 Å². The first kappa shape index (κ1) is 17.2. The Kier molecular flexibility index (Phi) is 5.33. The highest BCUT2D eigenvalue weighted by atomic mass is 16.2. The SMILES string of the molecule is Cc1cc(C)cc(C(=O)N[C@H](Cc2ccccc2C#N)C(N)=O)c1. The molecule has 0 fully saturated rings. The molecule has 0 heterocycles. The monoisotopic (exact) mass is 321 g/mol. The summed E-state index contributed by atoms with van der Waals surface area (Å²) in [7, 11) is 0. The van der Waals surface area contributed by atoms with Crippen molar-refractivity contribution in [1.29, 1.82) is 5.26 Å². The second-order valence-electron chi connectivity index (χ2n) is 5.78. The first-order valence-corrected chi connectivity index (χ1v) is 7.57. The van der Waals surface area contributed by atoms with Crippen molar-refractivity contribution in [3.8, 4) is 6.07 Å². The van der Waals surface area contributed by atoms with Crippen LogP contribution in [0.1, 0.15) is 32.6 Å². The van der Waals surface area contributed by atoms with E-state index in [0.29, 0.717) is 16.7 Å². The predicted octanol–water partition coefficient (Wildman–Crippen LogP) is 2.00. The van der Waals surface area contributed by atoms with E-state index in [1.54, 1.807) is 36.4 Å². The van der Waals surface area contributed by atoms with Crippen molar-refractivity contribution in [3.05, 3.63) is 70.3 Å². The Balaban J connectivity index is 2.21. The van der Waals surface area contributed by atoms with E-state index < -0.39 is 11.9 Å². The number of carbonyl (C=O) groups excluding carboxylic acids is 2. The fourth-order valence-electron chi connectivity index (χ4n) is 2.60. The summed E-state index contributed by atoms with van der Waals surface area (Å²) < 4.78 is 0. The number of nitriles is 1. The normalized spacial score (nSPS) is 11.4. The largest absolute Gasteiger partial charge is 0.368 e. The number of amides is 2. The highest BCUT2D eigenvalue weighted by Gasteiger charge is 2.21. The van der Waals surface area contributed by atoms with Crippen LogP contribution in [0, 0.1) is 25.2 Å². The highest BCUT2D eigenvalue weighted by molar-refractivity contribution is 5.97. The fourth-order valence-corrected chi connectivity index (χ4v) is 2.60. The van der Waals surface area contributed by atoms with Gasteiger partial charge in [0.25, 0.3) is 5.91 Å². The summed E-state index contributed by atoms with van der Waals surface area (Å²) in [4.78, 5) is 24.2. The quantitative estimate of drug-likeness (QED) is 0.881. The number of hydrogen-bond donors (Lipinski definition) is 2. The van der Waals surface area contributed by atoms with Gasteiger partial charge in [-0.3, -0.25) is 9.59 Å². The summed E-state index contributed by atoms with van der Waals surface area (Å²) in [5.74, 6) is -1.000. The smallest absolute Gasteiger partial charge is 0.251 e. The summed E-state index contributed by atoms with van der Waals surface area (Å²) in [6, 6.07) is 13.6. The molecule has 5 nitrogen and oxygen atoms in total. The van der Waals surface area contributed by atoms with Crippen molar-refractivity contribution < 1.29 is 9.59 Å². The highest BCUT2D eigenvalue weighted by Crippen LogP contribution is 2.12. The fraction of sp³-hybridized carbons (Fsp3) is 0.211. The third-order valence-electron chi connectivity index (χ3n) is 3.69. The van der Waals surface area contributed by atoms with Crippen LogP contribution in [0.4, 0.5) is 0 Å². The molecule has 3 N–H and O–H groups in total. The second kappa shape index (κ2) is 7.42. The molecule has 2 rings (SSSR count). The first-order chi connectivity index (χ1) is 11.4. The average molecular weight is 321 g/mol. The van der Waals surface area contributed by atoms with Crippen molar-refractivity contribution in [1.82, 2.24) is 5.32 Å². The zero-order valence-corrected chi connectivity index (χ0v) is 13.7. The third kappa shape index (κ3) is 4.20. The van der Waals surface area contributed by atoms with Gasteiger partial charge in [0.1, 0.15) is 6.04 Å². The lowest BCUT2D eigenvalue weighted by Gasteiger charge is -2.16. The topological polar surface area (TPSA) is 96.0 Å². The van der Waals surface area contributed by atoms with Crippen LogP contribution in [-0.4, -0.2) is 17.9 Å². The van der Waals surface area contributed by atoms with E-state index in [-0.39, 0.29) is 12.3 Å². The lowest BCUT2D eigenvalue weighted by Crippen LogP contribution is -2.46. The minimum atomic E-state index is -0.882. The molecule has 2 amide bonds. The van der Waals surface area contributed by atoms with Crippen LogP contribution in [0.5, 0.6) is 0 Å². The van der Waals surface area contributed by atoms with Crippen LogP contribution in [-0.2, 0) is 11.2 Å². The van der Waals surface area contributed by atoms with Crippen molar-refractivity contribution in [2.75, 3.05) is 0 Å². The molecule has 0 radical (unpaired) electrons. The molecular formula is C19H19N3O2. The summed E-state index contributed by atoms with van der Waals surface area (Å²) >= 11 is 0. The number of carbonyl (C=O) groups is 2.